The monoisotopic (exact) mass is 580 g/mol. The van der Waals surface area contributed by atoms with E-state index < -0.39 is 21.9 Å². The topological polar surface area (TPSA) is 102 Å². The third kappa shape index (κ3) is 6.22. The van der Waals surface area contributed by atoms with E-state index in [1.807, 2.05) is 27.7 Å². The number of nitrogens with zero attached hydrogens (tertiary/aromatic N) is 2. The summed E-state index contributed by atoms with van der Waals surface area (Å²) < 4.78 is 15.7. The van der Waals surface area contributed by atoms with Crippen molar-refractivity contribution in [2.75, 3.05) is 23.0 Å². The van der Waals surface area contributed by atoms with Gasteiger partial charge in [0.2, 0.25) is 0 Å². The molecule has 38 heavy (non-hydrogen) atoms. The summed E-state index contributed by atoms with van der Waals surface area (Å²) in [6.45, 7) is 7.91. The van der Waals surface area contributed by atoms with E-state index in [4.69, 9.17) is 0 Å². The minimum Gasteiger partial charge on any atom is -0.494 e. The van der Waals surface area contributed by atoms with Crippen LogP contribution in [0.3, 0.4) is 0 Å². The molecule has 0 spiro atoms. The fraction of sp³-hybridized carbons (Fsp3) is 0.643. The summed E-state index contributed by atoms with van der Waals surface area (Å²) in [5, 5.41) is 21.5. The van der Waals surface area contributed by atoms with Gasteiger partial charge in [0, 0.05) is 77.9 Å². The van der Waals surface area contributed by atoms with E-state index in [2.05, 4.69) is 0 Å². The van der Waals surface area contributed by atoms with Gasteiger partial charge in [0.15, 0.2) is 11.8 Å². The first kappa shape index (κ1) is 29.3. The van der Waals surface area contributed by atoms with Crippen molar-refractivity contribution in [2.45, 2.75) is 99.9 Å². The molecule has 0 atom stereocenters. The smallest absolute Gasteiger partial charge is 0.254 e. The van der Waals surface area contributed by atoms with Crippen LogP contribution in [0.4, 0.5) is 0 Å². The number of unbranched alkanes of at least 4 members (excludes halogenated alkanes) is 2. The lowest BCUT2D eigenvalue weighted by Crippen LogP contribution is -2.36. The summed E-state index contributed by atoms with van der Waals surface area (Å²) in [6.07, 6.45) is 6.24. The zero-order chi connectivity index (χ0) is 27.7. The maximum atomic E-state index is 12.7. The van der Waals surface area contributed by atoms with Gasteiger partial charge in [-0.1, -0.05) is 12.8 Å². The number of aromatic hydroxyl groups is 2. The Morgan fingerprint density at radius 1 is 0.763 bits per heavy atom. The number of aromatic nitrogens is 2. The van der Waals surface area contributed by atoms with Crippen LogP contribution in [-0.2, 0) is 34.7 Å². The highest BCUT2D eigenvalue weighted by Crippen LogP contribution is 2.39. The van der Waals surface area contributed by atoms with E-state index >= 15 is 0 Å². The SMILES string of the molecule is CC(C)(CCCCS(=O)CCCCC(C)(C)n1c(O)c2c(cc1=O)SCC2)n1c(O)c2c(cc1=O)SCC2. The number of fused-ring (bicyclic) bond motifs is 2. The van der Waals surface area contributed by atoms with Crippen LogP contribution < -0.4 is 11.1 Å². The maximum Gasteiger partial charge on any atom is 0.254 e. The van der Waals surface area contributed by atoms with Crippen LogP contribution >= 0.6 is 23.5 Å². The quantitative estimate of drug-likeness (QED) is 0.342. The van der Waals surface area contributed by atoms with Crippen molar-refractivity contribution in [3.8, 4) is 11.8 Å². The molecule has 2 N–H and O–H groups in total. The van der Waals surface area contributed by atoms with Crippen LogP contribution in [0.1, 0.15) is 77.3 Å². The Labute approximate surface area is 235 Å². The molecule has 7 nitrogen and oxygen atoms in total. The number of hydrogen-bond acceptors (Lipinski definition) is 7. The summed E-state index contributed by atoms with van der Waals surface area (Å²) >= 11 is 3.24. The lowest BCUT2D eigenvalue weighted by atomic mass is 9.96. The van der Waals surface area contributed by atoms with Gasteiger partial charge in [0.25, 0.3) is 11.1 Å². The average Bonchev–Trinajstić information content (AvgIpc) is 3.49. The molecule has 2 aromatic rings. The number of pyridine rings is 2. The molecule has 210 valence electrons. The second-order valence-corrected chi connectivity index (χ2v) is 15.5. The Morgan fingerprint density at radius 2 is 1.16 bits per heavy atom. The lowest BCUT2D eigenvalue weighted by Gasteiger charge is -2.29. The summed E-state index contributed by atoms with van der Waals surface area (Å²) in [4.78, 5) is 27.2. The van der Waals surface area contributed by atoms with Gasteiger partial charge in [-0.3, -0.25) is 22.9 Å². The normalized spacial score (nSPS) is 15.3. The highest BCUT2D eigenvalue weighted by atomic mass is 32.2. The van der Waals surface area contributed by atoms with Crippen LogP contribution in [0, 0.1) is 0 Å². The zero-order valence-corrected chi connectivity index (χ0v) is 25.3. The van der Waals surface area contributed by atoms with E-state index in [0.29, 0.717) is 11.5 Å². The average molecular weight is 581 g/mol. The van der Waals surface area contributed by atoms with Gasteiger partial charge in [-0.2, -0.15) is 0 Å². The summed E-state index contributed by atoms with van der Waals surface area (Å²) in [7, 11) is -0.924. The van der Waals surface area contributed by atoms with E-state index in [1.165, 1.54) is 9.13 Å². The molecule has 0 bridgehead atoms. The molecule has 2 aliphatic rings. The maximum absolute atomic E-state index is 12.7. The molecule has 4 heterocycles. The van der Waals surface area contributed by atoms with Crippen LogP contribution in [0.2, 0.25) is 0 Å². The van der Waals surface area contributed by atoms with Gasteiger partial charge < -0.3 is 10.2 Å². The number of thioether (sulfide) groups is 2. The standard InChI is InChI=1S/C28H40N2O5S3/c1-27(2,29-23(31)17-21-19(25(29)33)9-13-36-21)11-5-7-15-38(35)16-8-6-12-28(3,4)30-24(32)18-22-20(26(30)34)10-14-37-22/h17-18,33-34H,5-16H2,1-4H3. The molecular formula is C28H40N2O5S3. The summed E-state index contributed by atoms with van der Waals surface area (Å²) in [5.41, 5.74) is 0.389. The summed E-state index contributed by atoms with van der Waals surface area (Å²) in [5.74, 6) is 3.22. The van der Waals surface area contributed by atoms with Gasteiger partial charge in [-0.05, 0) is 66.2 Å². The molecule has 2 aliphatic heterocycles. The Hall–Kier alpha value is -1.65. The van der Waals surface area contributed by atoms with Gasteiger partial charge in [-0.25, -0.2) is 0 Å². The van der Waals surface area contributed by atoms with Crippen molar-refractivity contribution >= 4 is 34.3 Å². The molecule has 0 aromatic carbocycles. The highest BCUT2D eigenvalue weighted by Gasteiger charge is 2.30. The van der Waals surface area contributed by atoms with Gasteiger partial charge >= 0.3 is 0 Å². The van der Waals surface area contributed by atoms with Crippen LogP contribution in [0.15, 0.2) is 31.5 Å². The third-order valence-corrected chi connectivity index (χ3v) is 11.4. The van der Waals surface area contributed by atoms with Crippen molar-refractivity contribution < 1.29 is 14.4 Å². The van der Waals surface area contributed by atoms with E-state index in [1.54, 1.807) is 35.7 Å². The molecule has 4 rings (SSSR count). The van der Waals surface area contributed by atoms with Crippen molar-refractivity contribution in [1.29, 1.82) is 0 Å². The highest BCUT2D eigenvalue weighted by molar-refractivity contribution is 7.99. The van der Waals surface area contributed by atoms with Crippen molar-refractivity contribution in [1.82, 2.24) is 9.13 Å². The molecule has 0 unspecified atom stereocenters. The molecular weight excluding hydrogens is 541 g/mol. The molecule has 2 aromatic heterocycles. The largest absolute Gasteiger partial charge is 0.494 e. The second-order valence-electron chi connectivity index (χ2n) is 11.6. The first-order valence-electron chi connectivity index (χ1n) is 13.5. The van der Waals surface area contributed by atoms with Gasteiger partial charge in [0.05, 0.1) is 0 Å². The van der Waals surface area contributed by atoms with Crippen LogP contribution in [0.5, 0.6) is 11.8 Å². The number of hydrogen-bond donors (Lipinski definition) is 2. The predicted molar refractivity (Wildman–Crippen MR) is 158 cm³/mol. The Morgan fingerprint density at radius 3 is 1.55 bits per heavy atom. The predicted octanol–water partition coefficient (Wildman–Crippen LogP) is 4.98. The van der Waals surface area contributed by atoms with Gasteiger partial charge in [-0.15, -0.1) is 23.5 Å². The molecule has 0 radical (unpaired) electrons. The molecule has 0 saturated heterocycles. The molecule has 0 fully saturated rings. The molecule has 0 aliphatic carbocycles. The van der Waals surface area contributed by atoms with E-state index in [-0.39, 0.29) is 22.9 Å². The second kappa shape index (κ2) is 11.8. The lowest BCUT2D eigenvalue weighted by molar-refractivity contribution is 0.263. The van der Waals surface area contributed by atoms with Crippen molar-refractivity contribution in [3.05, 3.63) is 44.0 Å². The summed E-state index contributed by atoms with van der Waals surface area (Å²) in [6, 6.07) is 3.29. The first-order chi connectivity index (χ1) is 17.9. The Bertz CT molecular complexity index is 1230. The minimum atomic E-state index is -0.924. The van der Waals surface area contributed by atoms with Gasteiger partial charge in [0.1, 0.15) is 0 Å². The number of rotatable bonds is 12. The molecule has 10 heteroatoms. The zero-order valence-electron chi connectivity index (χ0n) is 22.9. The fourth-order valence-electron chi connectivity index (χ4n) is 5.62. The van der Waals surface area contributed by atoms with Crippen LogP contribution in [0.25, 0.3) is 0 Å². The molecule has 0 saturated carbocycles. The third-order valence-electron chi connectivity index (χ3n) is 7.76. The fourth-order valence-corrected chi connectivity index (χ4v) is 9.03. The Balaban J connectivity index is 1.21. The van der Waals surface area contributed by atoms with Crippen molar-refractivity contribution in [2.24, 2.45) is 0 Å². The van der Waals surface area contributed by atoms with E-state index in [0.717, 1.165) is 83.8 Å². The van der Waals surface area contributed by atoms with E-state index in [9.17, 15) is 24.0 Å². The minimum absolute atomic E-state index is 0.100. The van der Waals surface area contributed by atoms with Crippen molar-refractivity contribution in [3.63, 3.8) is 0 Å². The Kier molecular flexibility index (Phi) is 9.14. The first-order valence-corrected chi connectivity index (χ1v) is 17.0. The van der Waals surface area contributed by atoms with Crippen LogP contribution in [-0.4, -0.2) is 46.6 Å². The molecule has 0 amide bonds.